The van der Waals surface area contributed by atoms with Crippen molar-refractivity contribution in [1.82, 2.24) is 0 Å². The fraction of sp³-hybridized carbons (Fsp3) is 0.167. The molecule has 94 valence electrons. The van der Waals surface area contributed by atoms with Gasteiger partial charge in [0.2, 0.25) is 0 Å². The second kappa shape index (κ2) is 5.37. The Balaban J connectivity index is 2.14. The van der Waals surface area contributed by atoms with Crippen molar-refractivity contribution in [3.8, 4) is 0 Å². The second-order valence-corrected chi connectivity index (χ2v) is 5.40. The van der Waals surface area contributed by atoms with Gasteiger partial charge < -0.3 is 5.32 Å². The summed E-state index contributed by atoms with van der Waals surface area (Å²) >= 11 is 7.34. The lowest BCUT2D eigenvalue weighted by molar-refractivity contribution is -0.384. The molecular weight excluding hydrogens is 272 g/mol. The van der Waals surface area contributed by atoms with Crippen LogP contribution in [0.15, 0.2) is 35.7 Å². The number of non-ortho nitro benzene ring substituents is 1. The molecule has 1 aromatic heterocycles. The second-order valence-electron chi connectivity index (χ2n) is 3.86. The normalized spacial score (nSPS) is 12.1. The van der Waals surface area contributed by atoms with Gasteiger partial charge in [-0.25, -0.2) is 0 Å². The van der Waals surface area contributed by atoms with Gasteiger partial charge >= 0.3 is 0 Å². The number of rotatable bonds is 4. The molecule has 0 aliphatic rings. The van der Waals surface area contributed by atoms with Crippen LogP contribution in [0.1, 0.15) is 18.5 Å². The summed E-state index contributed by atoms with van der Waals surface area (Å²) < 4.78 is 0.734. The Hall–Kier alpha value is -1.59. The van der Waals surface area contributed by atoms with Crippen molar-refractivity contribution >= 4 is 34.3 Å². The molecule has 1 heterocycles. The molecule has 1 unspecified atom stereocenters. The van der Waals surface area contributed by atoms with Crippen LogP contribution < -0.4 is 5.32 Å². The van der Waals surface area contributed by atoms with Crippen molar-refractivity contribution in [1.29, 1.82) is 0 Å². The minimum absolute atomic E-state index is 0.0516. The van der Waals surface area contributed by atoms with E-state index in [1.54, 1.807) is 12.1 Å². The monoisotopic (exact) mass is 282 g/mol. The molecule has 18 heavy (non-hydrogen) atoms. The van der Waals surface area contributed by atoms with Gasteiger partial charge in [-0.3, -0.25) is 10.1 Å². The zero-order valence-corrected chi connectivity index (χ0v) is 11.2. The van der Waals surface area contributed by atoms with Crippen molar-refractivity contribution in [2.24, 2.45) is 0 Å². The Morgan fingerprint density at radius 2 is 2.22 bits per heavy atom. The molecule has 1 atom stereocenters. The molecule has 0 aliphatic heterocycles. The number of benzene rings is 1. The Kier molecular flexibility index (Phi) is 3.84. The van der Waals surface area contributed by atoms with Gasteiger partial charge in [-0.05, 0) is 30.0 Å². The zero-order valence-electron chi connectivity index (χ0n) is 9.59. The van der Waals surface area contributed by atoms with E-state index >= 15 is 0 Å². The van der Waals surface area contributed by atoms with Crippen molar-refractivity contribution in [2.45, 2.75) is 13.0 Å². The van der Waals surface area contributed by atoms with Crippen molar-refractivity contribution in [3.05, 3.63) is 55.7 Å². The summed E-state index contributed by atoms with van der Waals surface area (Å²) in [6, 6.07) is 8.39. The maximum absolute atomic E-state index is 10.7. The van der Waals surface area contributed by atoms with Crippen LogP contribution in [0.2, 0.25) is 4.34 Å². The number of nitro benzene ring substituents is 1. The van der Waals surface area contributed by atoms with E-state index in [4.69, 9.17) is 11.6 Å². The SMILES string of the molecule is CC(Nc1cccc([N+](=O)[O-])c1)c1csc(Cl)c1. The van der Waals surface area contributed by atoms with Gasteiger partial charge in [0.05, 0.1) is 9.26 Å². The summed E-state index contributed by atoms with van der Waals surface area (Å²) in [5.74, 6) is 0. The number of anilines is 1. The third-order valence-electron chi connectivity index (χ3n) is 2.53. The van der Waals surface area contributed by atoms with Crippen LogP contribution in [-0.2, 0) is 0 Å². The molecule has 0 spiro atoms. The maximum Gasteiger partial charge on any atom is 0.271 e. The summed E-state index contributed by atoms with van der Waals surface area (Å²) in [7, 11) is 0. The minimum atomic E-state index is -0.405. The Bertz CT molecular complexity index is 571. The van der Waals surface area contributed by atoms with Crippen molar-refractivity contribution in [3.63, 3.8) is 0 Å². The lowest BCUT2D eigenvalue weighted by Crippen LogP contribution is -2.05. The molecule has 0 amide bonds. The summed E-state index contributed by atoms with van der Waals surface area (Å²) in [6.45, 7) is 1.98. The molecule has 2 rings (SSSR count). The first kappa shape index (κ1) is 12.9. The molecule has 0 saturated heterocycles. The Morgan fingerprint density at radius 3 is 2.83 bits per heavy atom. The summed E-state index contributed by atoms with van der Waals surface area (Å²) in [6.07, 6.45) is 0. The van der Waals surface area contributed by atoms with E-state index in [0.717, 1.165) is 15.6 Å². The molecule has 0 radical (unpaired) electrons. The molecule has 6 heteroatoms. The molecule has 2 aromatic rings. The van der Waals surface area contributed by atoms with Crippen LogP contribution in [-0.4, -0.2) is 4.92 Å². The lowest BCUT2D eigenvalue weighted by Gasteiger charge is -2.13. The number of hydrogen-bond donors (Lipinski definition) is 1. The lowest BCUT2D eigenvalue weighted by atomic mass is 10.1. The third kappa shape index (κ3) is 3.00. The Labute approximate surface area is 113 Å². The highest BCUT2D eigenvalue weighted by Gasteiger charge is 2.10. The smallest absolute Gasteiger partial charge is 0.271 e. The number of hydrogen-bond acceptors (Lipinski definition) is 4. The highest BCUT2D eigenvalue weighted by molar-refractivity contribution is 7.14. The molecule has 1 N–H and O–H groups in total. The van der Waals surface area contributed by atoms with Crippen LogP contribution >= 0.6 is 22.9 Å². The molecule has 0 fully saturated rings. The molecule has 1 aromatic carbocycles. The number of halogens is 1. The van der Waals surface area contributed by atoms with E-state index in [-0.39, 0.29) is 11.7 Å². The van der Waals surface area contributed by atoms with Crippen LogP contribution in [0.5, 0.6) is 0 Å². The van der Waals surface area contributed by atoms with E-state index in [9.17, 15) is 10.1 Å². The van der Waals surface area contributed by atoms with E-state index in [1.807, 2.05) is 18.4 Å². The fourth-order valence-electron chi connectivity index (χ4n) is 1.59. The molecule has 4 nitrogen and oxygen atoms in total. The maximum atomic E-state index is 10.7. The van der Waals surface area contributed by atoms with E-state index in [0.29, 0.717) is 0 Å². The van der Waals surface area contributed by atoms with E-state index < -0.39 is 4.92 Å². The summed E-state index contributed by atoms with van der Waals surface area (Å²) in [5, 5.41) is 15.9. The number of nitrogens with one attached hydrogen (secondary N) is 1. The molecule has 0 saturated carbocycles. The van der Waals surface area contributed by atoms with Gasteiger partial charge in [0, 0.05) is 23.9 Å². The number of thiophene rings is 1. The summed E-state index contributed by atoms with van der Waals surface area (Å²) in [4.78, 5) is 10.3. The number of nitro groups is 1. The van der Waals surface area contributed by atoms with Gasteiger partial charge in [-0.1, -0.05) is 17.7 Å². The standard InChI is InChI=1S/C12H11ClN2O2S/c1-8(9-5-12(13)18-7-9)14-10-3-2-4-11(6-10)15(16)17/h2-8,14H,1H3. The van der Waals surface area contributed by atoms with Crippen LogP contribution in [0.4, 0.5) is 11.4 Å². The quantitative estimate of drug-likeness (QED) is 0.664. The van der Waals surface area contributed by atoms with Crippen LogP contribution in [0.25, 0.3) is 0 Å². The van der Waals surface area contributed by atoms with E-state index in [1.165, 1.54) is 23.5 Å². The summed E-state index contributed by atoms with van der Waals surface area (Å²) in [5.41, 5.74) is 1.87. The van der Waals surface area contributed by atoms with Crippen LogP contribution in [0, 0.1) is 10.1 Å². The first-order valence-electron chi connectivity index (χ1n) is 5.31. The highest BCUT2D eigenvalue weighted by Crippen LogP contribution is 2.27. The van der Waals surface area contributed by atoms with Crippen molar-refractivity contribution in [2.75, 3.05) is 5.32 Å². The molecule has 0 aliphatic carbocycles. The first-order valence-corrected chi connectivity index (χ1v) is 6.57. The number of nitrogens with zero attached hydrogens (tertiary/aromatic N) is 1. The minimum Gasteiger partial charge on any atom is -0.378 e. The topological polar surface area (TPSA) is 55.2 Å². The van der Waals surface area contributed by atoms with Gasteiger partial charge in [-0.15, -0.1) is 11.3 Å². The molecule has 0 bridgehead atoms. The average Bonchev–Trinajstić information content (AvgIpc) is 2.76. The van der Waals surface area contributed by atoms with Gasteiger partial charge in [0.1, 0.15) is 0 Å². The first-order chi connectivity index (χ1) is 8.56. The predicted molar refractivity (Wildman–Crippen MR) is 74.5 cm³/mol. The highest BCUT2D eigenvalue weighted by atomic mass is 35.5. The Morgan fingerprint density at radius 1 is 1.44 bits per heavy atom. The van der Waals surface area contributed by atoms with Gasteiger partial charge in [-0.2, -0.15) is 0 Å². The van der Waals surface area contributed by atoms with Crippen LogP contribution in [0.3, 0.4) is 0 Å². The van der Waals surface area contributed by atoms with E-state index in [2.05, 4.69) is 5.32 Å². The van der Waals surface area contributed by atoms with Gasteiger partial charge in [0.25, 0.3) is 5.69 Å². The largest absolute Gasteiger partial charge is 0.378 e. The fourth-order valence-corrected chi connectivity index (χ4v) is 2.58. The van der Waals surface area contributed by atoms with Gasteiger partial charge in [0.15, 0.2) is 0 Å². The average molecular weight is 283 g/mol. The molecular formula is C12H11ClN2O2S. The zero-order chi connectivity index (χ0) is 13.1. The third-order valence-corrected chi connectivity index (χ3v) is 3.64. The predicted octanol–water partition coefficient (Wildman–Crippen LogP) is 4.48. The van der Waals surface area contributed by atoms with Crippen molar-refractivity contribution < 1.29 is 4.92 Å².